The molecule has 2 rings (SSSR count). The van der Waals surface area contributed by atoms with E-state index in [1.165, 1.54) is 0 Å². The number of benzene rings is 1. The number of aliphatic carboxylic acids is 1. The number of carboxylic acid groups (broad SMARTS) is 1. The van der Waals surface area contributed by atoms with E-state index in [1.54, 1.807) is 25.3 Å². The summed E-state index contributed by atoms with van der Waals surface area (Å²) in [4.78, 5) is 15.2. The number of hydrogen-bond acceptors (Lipinski definition) is 5. The van der Waals surface area contributed by atoms with Crippen molar-refractivity contribution < 1.29 is 14.6 Å². The van der Waals surface area contributed by atoms with Crippen LogP contribution < -0.4 is 0 Å². The Morgan fingerprint density at radius 3 is 3.00 bits per heavy atom. The number of rotatable bonds is 6. The zero-order valence-electron chi connectivity index (χ0n) is 11.7. The molecule has 0 aliphatic rings. The molecule has 1 heterocycles. The van der Waals surface area contributed by atoms with Crippen LogP contribution in [0.15, 0.2) is 23.4 Å². The predicted molar refractivity (Wildman–Crippen MR) is 79.3 cm³/mol. The van der Waals surface area contributed by atoms with Gasteiger partial charge >= 0.3 is 5.97 Å². The SMILES string of the molecule is COC(C)Cn1c(SCC(=O)O)nc2ccc(C#N)cc21. The van der Waals surface area contributed by atoms with Crippen LogP contribution in [-0.4, -0.2) is 39.6 Å². The number of aromatic nitrogens is 2. The van der Waals surface area contributed by atoms with Crippen LogP contribution in [0.25, 0.3) is 11.0 Å². The number of nitriles is 1. The molecule has 1 unspecified atom stereocenters. The first-order valence-corrected chi connectivity index (χ1v) is 7.31. The number of hydrogen-bond donors (Lipinski definition) is 1. The molecule has 0 fully saturated rings. The maximum Gasteiger partial charge on any atom is 0.313 e. The van der Waals surface area contributed by atoms with Crippen molar-refractivity contribution in [1.29, 1.82) is 5.26 Å². The van der Waals surface area contributed by atoms with E-state index in [-0.39, 0.29) is 11.9 Å². The van der Waals surface area contributed by atoms with Crippen LogP contribution >= 0.6 is 11.8 Å². The van der Waals surface area contributed by atoms with Crippen LogP contribution in [0.5, 0.6) is 0 Å². The minimum Gasteiger partial charge on any atom is -0.481 e. The molecule has 0 saturated carbocycles. The summed E-state index contributed by atoms with van der Waals surface area (Å²) in [6.07, 6.45) is -0.0441. The van der Waals surface area contributed by atoms with Crippen LogP contribution in [0.1, 0.15) is 12.5 Å². The Balaban J connectivity index is 2.47. The van der Waals surface area contributed by atoms with Crippen LogP contribution in [0.3, 0.4) is 0 Å². The van der Waals surface area contributed by atoms with Gasteiger partial charge in [-0.05, 0) is 25.1 Å². The van der Waals surface area contributed by atoms with Gasteiger partial charge in [0.2, 0.25) is 0 Å². The lowest BCUT2D eigenvalue weighted by molar-refractivity contribution is -0.133. The highest BCUT2D eigenvalue weighted by Crippen LogP contribution is 2.25. The first kappa shape index (κ1) is 15.4. The summed E-state index contributed by atoms with van der Waals surface area (Å²) in [5.41, 5.74) is 2.10. The van der Waals surface area contributed by atoms with Gasteiger partial charge in [-0.15, -0.1) is 0 Å². The van der Waals surface area contributed by atoms with E-state index in [0.29, 0.717) is 17.3 Å². The van der Waals surface area contributed by atoms with Gasteiger partial charge < -0.3 is 14.4 Å². The van der Waals surface area contributed by atoms with E-state index >= 15 is 0 Å². The fourth-order valence-corrected chi connectivity index (χ4v) is 2.66. The molecule has 1 N–H and O–H groups in total. The van der Waals surface area contributed by atoms with Crippen molar-refractivity contribution in [3.63, 3.8) is 0 Å². The molecule has 6 nitrogen and oxygen atoms in total. The number of nitrogens with zero attached hydrogens (tertiary/aromatic N) is 3. The smallest absolute Gasteiger partial charge is 0.313 e. The van der Waals surface area contributed by atoms with Crippen molar-refractivity contribution in [2.24, 2.45) is 0 Å². The highest BCUT2D eigenvalue weighted by Gasteiger charge is 2.15. The van der Waals surface area contributed by atoms with Crippen molar-refractivity contribution in [1.82, 2.24) is 9.55 Å². The predicted octanol–water partition coefficient (Wildman–Crippen LogP) is 2.12. The summed E-state index contributed by atoms with van der Waals surface area (Å²) >= 11 is 1.16. The number of thioether (sulfide) groups is 1. The zero-order valence-corrected chi connectivity index (χ0v) is 12.6. The van der Waals surface area contributed by atoms with Gasteiger partial charge in [0.1, 0.15) is 0 Å². The van der Waals surface area contributed by atoms with E-state index in [4.69, 9.17) is 15.1 Å². The number of ether oxygens (including phenoxy) is 1. The topological polar surface area (TPSA) is 88.1 Å². The molecule has 0 bridgehead atoms. The summed E-state index contributed by atoms with van der Waals surface area (Å²) in [5, 5.41) is 18.5. The number of imidazole rings is 1. The van der Waals surface area contributed by atoms with Gasteiger partial charge in [0, 0.05) is 7.11 Å². The van der Waals surface area contributed by atoms with Crippen LogP contribution in [0.4, 0.5) is 0 Å². The fraction of sp³-hybridized carbons (Fsp3) is 0.357. The minimum atomic E-state index is -0.892. The van der Waals surface area contributed by atoms with Gasteiger partial charge in [0.05, 0.1) is 41.1 Å². The highest BCUT2D eigenvalue weighted by atomic mass is 32.2. The Hall–Kier alpha value is -2.04. The Morgan fingerprint density at radius 2 is 2.38 bits per heavy atom. The lowest BCUT2D eigenvalue weighted by atomic mass is 10.2. The average molecular weight is 305 g/mol. The summed E-state index contributed by atoms with van der Waals surface area (Å²) in [6, 6.07) is 7.33. The minimum absolute atomic E-state index is 0.0441. The van der Waals surface area contributed by atoms with Crippen molar-refractivity contribution in [2.45, 2.75) is 24.7 Å². The molecule has 1 aromatic carbocycles. The largest absolute Gasteiger partial charge is 0.481 e. The Bertz CT molecular complexity index is 705. The first-order valence-electron chi connectivity index (χ1n) is 6.33. The molecule has 0 aliphatic carbocycles. The number of carboxylic acids is 1. The van der Waals surface area contributed by atoms with Crippen molar-refractivity contribution in [3.8, 4) is 6.07 Å². The maximum atomic E-state index is 10.8. The molecule has 110 valence electrons. The van der Waals surface area contributed by atoms with E-state index < -0.39 is 5.97 Å². The number of methoxy groups -OCH3 is 1. The summed E-state index contributed by atoms with van der Waals surface area (Å²) in [7, 11) is 1.62. The second kappa shape index (κ2) is 6.61. The van der Waals surface area contributed by atoms with Gasteiger partial charge in [-0.1, -0.05) is 11.8 Å². The number of fused-ring (bicyclic) bond motifs is 1. The van der Waals surface area contributed by atoms with Gasteiger partial charge in [-0.2, -0.15) is 5.26 Å². The third-order valence-electron chi connectivity index (χ3n) is 3.01. The molecule has 0 saturated heterocycles. The monoisotopic (exact) mass is 305 g/mol. The molecule has 0 radical (unpaired) electrons. The first-order chi connectivity index (χ1) is 10.0. The summed E-state index contributed by atoms with van der Waals surface area (Å²) < 4.78 is 7.17. The van der Waals surface area contributed by atoms with Gasteiger partial charge in [-0.25, -0.2) is 4.98 Å². The molecular formula is C14H15N3O3S. The van der Waals surface area contributed by atoms with E-state index in [1.807, 2.05) is 11.5 Å². The molecule has 0 spiro atoms. The number of carbonyl (C=O) groups is 1. The van der Waals surface area contributed by atoms with Crippen LogP contribution in [0.2, 0.25) is 0 Å². The third kappa shape index (κ3) is 3.54. The van der Waals surface area contributed by atoms with Gasteiger partial charge in [0.25, 0.3) is 0 Å². The van der Waals surface area contributed by atoms with Gasteiger partial charge in [-0.3, -0.25) is 4.79 Å². The fourth-order valence-electron chi connectivity index (χ4n) is 1.91. The Kier molecular flexibility index (Phi) is 4.83. The van der Waals surface area contributed by atoms with Crippen LogP contribution in [0, 0.1) is 11.3 Å². The molecule has 0 amide bonds. The highest BCUT2D eigenvalue weighted by molar-refractivity contribution is 7.99. The third-order valence-corrected chi connectivity index (χ3v) is 3.97. The lowest BCUT2D eigenvalue weighted by Gasteiger charge is -2.13. The van der Waals surface area contributed by atoms with Crippen molar-refractivity contribution in [2.75, 3.05) is 12.9 Å². The molecule has 1 atom stereocenters. The van der Waals surface area contributed by atoms with E-state index in [0.717, 1.165) is 22.8 Å². The summed E-state index contributed by atoms with van der Waals surface area (Å²) in [5.74, 6) is -0.952. The Labute approximate surface area is 126 Å². The average Bonchev–Trinajstić information content (AvgIpc) is 2.82. The van der Waals surface area contributed by atoms with Crippen molar-refractivity contribution in [3.05, 3.63) is 23.8 Å². The molecule has 0 aliphatic heterocycles. The lowest BCUT2D eigenvalue weighted by Crippen LogP contribution is -2.15. The summed E-state index contributed by atoms with van der Waals surface area (Å²) in [6.45, 7) is 2.47. The molecule has 1 aromatic heterocycles. The second-order valence-electron chi connectivity index (χ2n) is 4.55. The normalized spacial score (nSPS) is 12.2. The van der Waals surface area contributed by atoms with E-state index in [2.05, 4.69) is 11.1 Å². The molecule has 21 heavy (non-hydrogen) atoms. The Morgan fingerprint density at radius 1 is 1.62 bits per heavy atom. The van der Waals surface area contributed by atoms with E-state index in [9.17, 15) is 4.79 Å². The standard InChI is InChI=1S/C14H15N3O3S/c1-9(20-2)7-17-12-5-10(6-15)3-4-11(12)16-14(17)21-8-13(18)19/h3-5,9H,7-8H2,1-2H3,(H,18,19). The van der Waals surface area contributed by atoms with Crippen molar-refractivity contribution >= 4 is 28.8 Å². The maximum absolute atomic E-state index is 10.8. The quantitative estimate of drug-likeness (QED) is 0.822. The second-order valence-corrected chi connectivity index (χ2v) is 5.49. The zero-order chi connectivity index (χ0) is 15.4. The van der Waals surface area contributed by atoms with Crippen LogP contribution in [-0.2, 0) is 16.1 Å². The molecule has 2 aromatic rings. The molecule has 7 heteroatoms. The molecular weight excluding hydrogens is 290 g/mol. The van der Waals surface area contributed by atoms with Gasteiger partial charge in [0.15, 0.2) is 5.16 Å².